The Hall–Kier alpha value is -2.61. The summed E-state index contributed by atoms with van der Waals surface area (Å²) in [7, 11) is 1.66. The van der Waals surface area contributed by atoms with Crippen LogP contribution in [0, 0.1) is 0 Å². The minimum Gasteiger partial charge on any atom is -0.497 e. The predicted octanol–water partition coefficient (Wildman–Crippen LogP) is 4.97. The molecule has 4 rings (SSSR count). The van der Waals surface area contributed by atoms with Crippen molar-refractivity contribution in [3.63, 3.8) is 0 Å². The molecule has 0 atom stereocenters. The first-order valence-corrected chi connectivity index (χ1v) is 12.1. The Morgan fingerprint density at radius 2 is 1.67 bits per heavy atom. The zero-order valence-corrected chi connectivity index (χ0v) is 20.7. The van der Waals surface area contributed by atoms with E-state index >= 15 is 0 Å². The number of nitrogens with zero attached hydrogens (tertiary/aromatic N) is 3. The number of hydrogen-bond acceptors (Lipinski definition) is 6. The number of halogens is 1. The molecule has 0 bridgehead atoms. The van der Waals surface area contributed by atoms with Gasteiger partial charge in [0, 0.05) is 42.1 Å². The van der Waals surface area contributed by atoms with Crippen LogP contribution in [0.2, 0.25) is 5.02 Å². The van der Waals surface area contributed by atoms with Gasteiger partial charge in [0.05, 0.1) is 19.3 Å². The highest BCUT2D eigenvalue weighted by molar-refractivity contribution is 7.09. The number of thiazole rings is 1. The van der Waals surface area contributed by atoms with Crippen LogP contribution in [0.15, 0.2) is 53.9 Å². The molecule has 174 valence electrons. The quantitative estimate of drug-likeness (QED) is 0.472. The Labute approximate surface area is 203 Å². The van der Waals surface area contributed by atoms with Crippen LogP contribution in [-0.2, 0) is 11.3 Å². The molecule has 1 saturated heterocycles. The second-order valence-electron chi connectivity index (χ2n) is 8.49. The molecule has 0 radical (unpaired) electrons. The van der Waals surface area contributed by atoms with Gasteiger partial charge in [0.1, 0.15) is 16.5 Å². The van der Waals surface area contributed by atoms with Crippen molar-refractivity contribution in [2.75, 3.05) is 33.3 Å². The number of amides is 1. The van der Waals surface area contributed by atoms with E-state index in [1.54, 1.807) is 42.7 Å². The minimum absolute atomic E-state index is 0.00635. The number of aromatic nitrogens is 1. The van der Waals surface area contributed by atoms with Crippen molar-refractivity contribution in [3.8, 4) is 22.8 Å². The first-order chi connectivity index (χ1) is 15.8. The third-order valence-electron chi connectivity index (χ3n) is 5.66. The summed E-state index contributed by atoms with van der Waals surface area (Å²) in [6.45, 7) is 7.36. The second kappa shape index (κ2) is 10.1. The fraction of sp³-hybridized carbons (Fsp3) is 0.360. The maximum atomic E-state index is 13.1. The number of rotatable bonds is 7. The molecule has 0 spiro atoms. The zero-order chi connectivity index (χ0) is 23.4. The van der Waals surface area contributed by atoms with E-state index in [2.05, 4.69) is 10.3 Å². The monoisotopic (exact) mass is 485 g/mol. The first-order valence-electron chi connectivity index (χ1n) is 10.9. The van der Waals surface area contributed by atoms with Crippen molar-refractivity contribution in [2.45, 2.75) is 26.0 Å². The smallest absolute Gasteiger partial charge is 0.266 e. The highest BCUT2D eigenvalue weighted by atomic mass is 35.5. The topological polar surface area (TPSA) is 54.9 Å². The number of ether oxygens (including phenoxy) is 2. The van der Waals surface area contributed by atoms with E-state index < -0.39 is 5.60 Å². The summed E-state index contributed by atoms with van der Waals surface area (Å²) in [5, 5.41) is 3.80. The molecule has 1 aromatic heterocycles. The van der Waals surface area contributed by atoms with Crippen LogP contribution >= 0.6 is 22.9 Å². The average Bonchev–Trinajstić information content (AvgIpc) is 3.29. The van der Waals surface area contributed by atoms with Gasteiger partial charge in [-0.05, 0) is 62.4 Å². The van der Waals surface area contributed by atoms with E-state index in [1.165, 1.54) is 0 Å². The third kappa shape index (κ3) is 5.85. The van der Waals surface area contributed by atoms with Crippen LogP contribution in [0.25, 0.3) is 11.3 Å². The standard InChI is InChI=1S/C25H28ClN3O3S/c1-25(2,32-21-10-6-19(26)7-11-21)24(30)29-14-12-28(13-15-29)16-23-27-22(17-33-23)18-4-8-20(31-3)9-5-18/h4-11,17H,12-16H2,1-3H3. The summed E-state index contributed by atoms with van der Waals surface area (Å²) < 4.78 is 11.2. The van der Waals surface area contributed by atoms with Gasteiger partial charge in [-0.1, -0.05) is 11.6 Å². The minimum atomic E-state index is -0.946. The summed E-state index contributed by atoms with van der Waals surface area (Å²) in [5.74, 6) is 1.46. The molecule has 2 heterocycles. The molecule has 1 aliphatic rings. The van der Waals surface area contributed by atoms with Crippen LogP contribution < -0.4 is 9.47 Å². The van der Waals surface area contributed by atoms with Gasteiger partial charge >= 0.3 is 0 Å². The Kier molecular flexibility index (Phi) is 7.22. The Balaban J connectivity index is 1.30. The highest BCUT2D eigenvalue weighted by Gasteiger charge is 2.35. The van der Waals surface area contributed by atoms with Crippen molar-refractivity contribution in [2.24, 2.45) is 0 Å². The summed E-state index contributed by atoms with van der Waals surface area (Å²) in [6.07, 6.45) is 0. The lowest BCUT2D eigenvalue weighted by Crippen LogP contribution is -2.55. The highest BCUT2D eigenvalue weighted by Crippen LogP contribution is 2.26. The molecular weight excluding hydrogens is 458 g/mol. The van der Waals surface area contributed by atoms with Crippen molar-refractivity contribution >= 4 is 28.8 Å². The predicted molar refractivity (Wildman–Crippen MR) is 132 cm³/mol. The van der Waals surface area contributed by atoms with Gasteiger partial charge in [0.2, 0.25) is 0 Å². The molecule has 8 heteroatoms. The third-order valence-corrected chi connectivity index (χ3v) is 6.74. The molecule has 6 nitrogen and oxygen atoms in total. The Morgan fingerprint density at radius 3 is 2.30 bits per heavy atom. The lowest BCUT2D eigenvalue weighted by molar-refractivity contribution is -0.147. The summed E-state index contributed by atoms with van der Waals surface area (Å²) in [4.78, 5) is 22.1. The van der Waals surface area contributed by atoms with Crippen molar-refractivity contribution in [1.29, 1.82) is 0 Å². The lowest BCUT2D eigenvalue weighted by atomic mass is 10.1. The number of piperazine rings is 1. The van der Waals surface area contributed by atoms with E-state index in [4.69, 9.17) is 26.1 Å². The molecule has 0 aliphatic carbocycles. The summed E-state index contributed by atoms with van der Waals surface area (Å²) >= 11 is 7.61. The van der Waals surface area contributed by atoms with Crippen LogP contribution in [-0.4, -0.2) is 59.6 Å². The number of carbonyl (C=O) groups is 1. The Morgan fingerprint density at radius 1 is 1.03 bits per heavy atom. The maximum Gasteiger partial charge on any atom is 0.266 e. The van der Waals surface area contributed by atoms with Crippen LogP contribution in [0.5, 0.6) is 11.5 Å². The molecule has 3 aromatic rings. The van der Waals surface area contributed by atoms with Crippen molar-refractivity contribution in [3.05, 3.63) is 63.9 Å². The Bertz CT molecular complexity index is 1080. The van der Waals surface area contributed by atoms with E-state index in [9.17, 15) is 4.79 Å². The molecule has 1 aliphatic heterocycles. The maximum absolute atomic E-state index is 13.1. The number of methoxy groups -OCH3 is 1. The van der Waals surface area contributed by atoms with Crippen molar-refractivity contribution < 1.29 is 14.3 Å². The summed E-state index contributed by atoms with van der Waals surface area (Å²) in [5.41, 5.74) is 1.11. The zero-order valence-electron chi connectivity index (χ0n) is 19.1. The van der Waals surface area contributed by atoms with Crippen LogP contribution in [0.4, 0.5) is 0 Å². The summed E-state index contributed by atoms with van der Waals surface area (Å²) in [6, 6.07) is 15.0. The molecule has 0 unspecified atom stereocenters. The number of carbonyl (C=O) groups excluding carboxylic acids is 1. The number of benzene rings is 2. The van der Waals surface area contributed by atoms with Gasteiger partial charge in [-0.2, -0.15) is 0 Å². The largest absolute Gasteiger partial charge is 0.497 e. The molecule has 1 amide bonds. The van der Waals surface area contributed by atoms with Gasteiger partial charge in [-0.3, -0.25) is 9.69 Å². The van der Waals surface area contributed by atoms with Gasteiger partial charge in [-0.15, -0.1) is 11.3 Å². The van der Waals surface area contributed by atoms with Gasteiger partial charge in [0.15, 0.2) is 5.60 Å². The molecule has 0 N–H and O–H groups in total. The van der Waals surface area contributed by atoms with E-state index in [1.807, 2.05) is 43.0 Å². The fourth-order valence-corrected chi connectivity index (χ4v) is 4.77. The SMILES string of the molecule is COc1ccc(-c2csc(CN3CCN(C(=O)C(C)(C)Oc4ccc(Cl)cc4)CC3)n2)cc1. The van der Waals surface area contributed by atoms with E-state index in [0.29, 0.717) is 23.9 Å². The van der Waals surface area contributed by atoms with Gasteiger partial charge in [0.25, 0.3) is 5.91 Å². The fourth-order valence-electron chi connectivity index (χ4n) is 3.80. The first kappa shape index (κ1) is 23.5. The normalized spacial score (nSPS) is 14.8. The molecule has 0 saturated carbocycles. The van der Waals surface area contributed by atoms with Crippen LogP contribution in [0.3, 0.4) is 0 Å². The van der Waals surface area contributed by atoms with Gasteiger partial charge in [-0.25, -0.2) is 4.98 Å². The average molecular weight is 486 g/mol. The number of hydrogen-bond donors (Lipinski definition) is 0. The molecule has 33 heavy (non-hydrogen) atoms. The van der Waals surface area contributed by atoms with Crippen LogP contribution in [0.1, 0.15) is 18.9 Å². The van der Waals surface area contributed by atoms with E-state index in [-0.39, 0.29) is 5.91 Å². The van der Waals surface area contributed by atoms with Gasteiger partial charge < -0.3 is 14.4 Å². The molecular formula is C25H28ClN3O3S. The lowest BCUT2D eigenvalue weighted by Gasteiger charge is -2.38. The second-order valence-corrected chi connectivity index (χ2v) is 9.87. The van der Waals surface area contributed by atoms with Crippen molar-refractivity contribution in [1.82, 2.24) is 14.8 Å². The molecule has 2 aromatic carbocycles. The molecule has 1 fully saturated rings. The van der Waals surface area contributed by atoms with E-state index in [0.717, 1.165) is 41.6 Å².